The number of nitrogens with zero attached hydrogens (tertiary/aromatic N) is 2. The summed E-state index contributed by atoms with van der Waals surface area (Å²) in [5.74, 6) is 1.05. The van der Waals surface area contributed by atoms with Gasteiger partial charge in [-0.3, -0.25) is 0 Å². The second-order valence-corrected chi connectivity index (χ2v) is 5.01. The third-order valence-electron chi connectivity index (χ3n) is 3.59. The Morgan fingerprint density at radius 1 is 1.37 bits per heavy atom. The summed E-state index contributed by atoms with van der Waals surface area (Å²) in [6.07, 6.45) is 5.39. The van der Waals surface area contributed by atoms with Gasteiger partial charge in [-0.1, -0.05) is 24.4 Å². The lowest BCUT2D eigenvalue weighted by Gasteiger charge is -2.33. The van der Waals surface area contributed by atoms with Gasteiger partial charge in [-0.25, -0.2) is 0 Å². The molecule has 0 radical (unpaired) electrons. The van der Waals surface area contributed by atoms with Crippen LogP contribution in [0.15, 0.2) is 4.52 Å². The lowest BCUT2D eigenvalue weighted by Crippen LogP contribution is -2.33. The van der Waals surface area contributed by atoms with Crippen molar-refractivity contribution in [1.29, 1.82) is 0 Å². The number of hydrogen-bond donors (Lipinski definition) is 1. The van der Waals surface area contributed by atoms with Crippen molar-refractivity contribution in [3.63, 3.8) is 0 Å². The molecule has 1 aliphatic carbocycles. The molecule has 0 bridgehead atoms. The number of aromatic nitrogens is 2. The normalized spacial score (nSPS) is 20.4. The van der Waals surface area contributed by atoms with E-state index in [1.165, 1.54) is 6.42 Å². The van der Waals surface area contributed by atoms with Gasteiger partial charge in [0.05, 0.1) is 6.61 Å². The highest BCUT2D eigenvalue weighted by molar-refractivity contribution is 5.04. The zero-order valence-corrected chi connectivity index (χ0v) is 11.7. The van der Waals surface area contributed by atoms with Crippen molar-refractivity contribution in [2.45, 2.75) is 50.7 Å². The van der Waals surface area contributed by atoms with Crippen LogP contribution < -0.4 is 5.73 Å². The molecule has 2 rings (SSSR count). The highest BCUT2D eigenvalue weighted by Crippen LogP contribution is 2.39. The van der Waals surface area contributed by atoms with E-state index < -0.39 is 0 Å². The van der Waals surface area contributed by atoms with Crippen LogP contribution in [0.2, 0.25) is 0 Å². The molecule has 0 aromatic carbocycles. The van der Waals surface area contributed by atoms with Gasteiger partial charge in [0.2, 0.25) is 11.7 Å². The molecule has 2 N–H and O–H groups in total. The third kappa shape index (κ3) is 3.13. The van der Waals surface area contributed by atoms with Crippen LogP contribution in [0.25, 0.3) is 0 Å². The predicted octanol–water partition coefficient (Wildman–Crippen LogP) is 1.91. The van der Waals surface area contributed by atoms with Crippen LogP contribution in [-0.2, 0) is 15.1 Å². The molecule has 1 unspecified atom stereocenters. The van der Waals surface area contributed by atoms with Crippen LogP contribution >= 0.6 is 0 Å². The quantitative estimate of drug-likeness (QED) is 0.849. The molecule has 0 spiro atoms. The average molecular weight is 269 g/mol. The molecule has 6 nitrogen and oxygen atoms in total. The average Bonchev–Trinajstić information content (AvgIpc) is 2.91. The Labute approximate surface area is 113 Å². The standard InChI is InChI=1S/C13H23N3O3/c1-3-18-13(7-5-4-6-8-13)12-15-11(19-16-12)10(14)9-17-2/h10H,3-9,14H2,1-2H3. The van der Waals surface area contributed by atoms with E-state index in [9.17, 15) is 0 Å². The van der Waals surface area contributed by atoms with Crippen molar-refractivity contribution in [3.8, 4) is 0 Å². The maximum absolute atomic E-state index is 5.95. The Morgan fingerprint density at radius 2 is 2.11 bits per heavy atom. The lowest BCUT2D eigenvalue weighted by molar-refractivity contribution is -0.0777. The summed E-state index contributed by atoms with van der Waals surface area (Å²) in [5.41, 5.74) is 5.52. The van der Waals surface area contributed by atoms with Gasteiger partial charge >= 0.3 is 0 Å². The number of rotatable bonds is 6. The molecule has 1 fully saturated rings. The monoisotopic (exact) mass is 269 g/mol. The molecule has 1 aromatic rings. The van der Waals surface area contributed by atoms with Crippen LogP contribution in [0.4, 0.5) is 0 Å². The third-order valence-corrected chi connectivity index (χ3v) is 3.59. The topological polar surface area (TPSA) is 83.4 Å². The fraction of sp³-hybridized carbons (Fsp3) is 0.846. The predicted molar refractivity (Wildman–Crippen MR) is 69.5 cm³/mol. The second kappa shape index (κ2) is 6.45. The molecule has 19 heavy (non-hydrogen) atoms. The Morgan fingerprint density at radius 3 is 2.74 bits per heavy atom. The van der Waals surface area contributed by atoms with Gasteiger partial charge in [0, 0.05) is 13.7 Å². The molecule has 0 saturated heterocycles. The smallest absolute Gasteiger partial charge is 0.246 e. The van der Waals surface area contributed by atoms with E-state index in [0.29, 0.717) is 24.9 Å². The molecule has 108 valence electrons. The zero-order chi connectivity index (χ0) is 13.7. The van der Waals surface area contributed by atoms with Gasteiger partial charge in [0.15, 0.2) is 0 Å². The summed E-state index contributed by atoms with van der Waals surface area (Å²) < 4.78 is 16.2. The van der Waals surface area contributed by atoms with Gasteiger partial charge in [0.1, 0.15) is 11.6 Å². The first-order valence-corrected chi connectivity index (χ1v) is 6.94. The molecular formula is C13H23N3O3. The van der Waals surface area contributed by atoms with Crippen LogP contribution in [0.5, 0.6) is 0 Å². The molecule has 6 heteroatoms. The first-order valence-electron chi connectivity index (χ1n) is 6.94. The highest BCUT2D eigenvalue weighted by atomic mass is 16.5. The molecule has 1 heterocycles. The van der Waals surface area contributed by atoms with Crippen molar-refractivity contribution in [1.82, 2.24) is 10.1 Å². The van der Waals surface area contributed by atoms with Crippen molar-refractivity contribution in [2.24, 2.45) is 5.73 Å². The van der Waals surface area contributed by atoms with Crippen LogP contribution in [-0.4, -0.2) is 30.5 Å². The van der Waals surface area contributed by atoms with E-state index in [2.05, 4.69) is 10.1 Å². The first kappa shape index (κ1) is 14.4. The van der Waals surface area contributed by atoms with Gasteiger partial charge in [-0.15, -0.1) is 0 Å². The molecule has 0 amide bonds. The highest BCUT2D eigenvalue weighted by Gasteiger charge is 2.39. The Balaban J connectivity index is 2.18. The summed E-state index contributed by atoms with van der Waals surface area (Å²) in [6, 6.07) is -0.381. The maximum atomic E-state index is 5.95. The van der Waals surface area contributed by atoms with Gasteiger partial charge in [-0.05, 0) is 19.8 Å². The van der Waals surface area contributed by atoms with Crippen molar-refractivity contribution in [2.75, 3.05) is 20.3 Å². The van der Waals surface area contributed by atoms with Gasteiger partial charge in [0.25, 0.3) is 0 Å². The summed E-state index contributed by atoms with van der Waals surface area (Å²) in [7, 11) is 1.60. The minimum Gasteiger partial charge on any atom is -0.383 e. The van der Waals surface area contributed by atoms with Gasteiger partial charge < -0.3 is 19.7 Å². The minimum absolute atomic E-state index is 0.364. The van der Waals surface area contributed by atoms with Gasteiger partial charge in [-0.2, -0.15) is 4.98 Å². The van der Waals surface area contributed by atoms with E-state index in [-0.39, 0.29) is 11.6 Å². The zero-order valence-electron chi connectivity index (χ0n) is 11.7. The molecule has 0 aliphatic heterocycles. The first-order chi connectivity index (χ1) is 9.22. The number of hydrogen-bond acceptors (Lipinski definition) is 6. The number of ether oxygens (including phenoxy) is 2. The van der Waals surface area contributed by atoms with Crippen molar-refractivity contribution < 1.29 is 14.0 Å². The lowest BCUT2D eigenvalue weighted by atomic mass is 9.84. The molecule has 1 atom stereocenters. The number of methoxy groups -OCH3 is 1. The number of nitrogens with two attached hydrogens (primary N) is 1. The summed E-state index contributed by atoms with van der Waals surface area (Å²) in [4.78, 5) is 4.44. The molecule has 1 saturated carbocycles. The van der Waals surface area contributed by atoms with E-state index in [4.69, 9.17) is 19.7 Å². The van der Waals surface area contributed by atoms with E-state index >= 15 is 0 Å². The van der Waals surface area contributed by atoms with E-state index in [1.54, 1.807) is 7.11 Å². The Kier molecular flexibility index (Phi) is 4.90. The fourth-order valence-corrected chi connectivity index (χ4v) is 2.65. The van der Waals surface area contributed by atoms with Crippen molar-refractivity contribution in [3.05, 3.63) is 11.7 Å². The summed E-state index contributed by atoms with van der Waals surface area (Å²) in [6.45, 7) is 3.01. The summed E-state index contributed by atoms with van der Waals surface area (Å²) in [5, 5.41) is 4.09. The SMILES string of the molecule is CCOC1(c2noc(C(N)COC)n2)CCCCC1. The Bertz CT molecular complexity index is 383. The minimum atomic E-state index is -0.387. The van der Waals surface area contributed by atoms with Crippen LogP contribution in [0.1, 0.15) is 56.8 Å². The molecular weight excluding hydrogens is 246 g/mol. The molecule has 1 aliphatic rings. The van der Waals surface area contributed by atoms with E-state index in [1.807, 2.05) is 6.92 Å². The van der Waals surface area contributed by atoms with E-state index in [0.717, 1.165) is 25.7 Å². The van der Waals surface area contributed by atoms with Crippen molar-refractivity contribution >= 4 is 0 Å². The largest absolute Gasteiger partial charge is 0.383 e. The molecule has 1 aromatic heterocycles. The Hall–Kier alpha value is -0.980. The second-order valence-electron chi connectivity index (χ2n) is 5.01. The maximum Gasteiger partial charge on any atom is 0.246 e. The fourth-order valence-electron chi connectivity index (χ4n) is 2.65. The van der Waals surface area contributed by atoms with Crippen LogP contribution in [0, 0.1) is 0 Å². The summed E-state index contributed by atoms with van der Waals surface area (Å²) >= 11 is 0. The van der Waals surface area contributed by atoms with Crippen LogP contribution in [0.3, 0.4) is 0 Å².